The van der Waals surface area contributed by atoms with Gasteiger partial charge in [0.05, 0.1) is 12.4 Å². The monoisotopic (exact) mass is 445 g/mol. The van der Waals surface area contributed by atoms with Crippen LogP contribution in [0.3, 0.4) is 0 Å². The molecule has 1 aromatic heterocycles. The number of furan rings is 1. The highest BCUT2D eigenvalue weighted by atomic mass is 127. The lowest BCUT2D eigenvalue weighted by Gasteiger charge is -2.42. The van der Waals surface area contributed by atoms with Crippen molar-refractivity contribution >= 4 is 29.9 Å². The van der Waals surface area contributed by atoms with Crippen molar-refractivity contribution in [3.63, 3.8) is 0 Å². The maximum Gasteiger partial charge on any atom is 0.194 e. The van der Waals surface area contributed by atoms with E-state index in [-0.39, 0.29) is 24.0 Å². The Labute approximate surface area is 161 Å². The Hall–Kier alpha value is -1.02. The average molecular weight is 445 g/mol. The fourth-order valence-corrected chi connectivity index (χ4v) is 3.44. The van der Waals surface area contributed by atoms with Crippen LogP contribution < -0.4 is 5.32 Å². The molecule has 5 nitrogen and oxygen atoms in total. The van der Waals surface area contributed by atoms with Crippen molar-refractivity contribution in [3.05, 3.63) is 36.8 Å². The normalized spacial score (nSPS) is 24.0. The minimum Gasteiger partial charge on any atom is -0.469 e. The standard InChI is InChI=1S/C18H27N3O2.HI/c1-2-9-19-18(20-10-7-16-6-4-12-22-16)21-11-8-17-15(14-21)5-3-13-23-17;/h2,4,6,12,15,17H,1,3,5,7-11,13-14H2,(H,19,20);1H. The molecular weight excluding hydrogens is 417 g/mol. The number of aliphatic imine (C=N–C) groups is 1. The van der Waals surface area contributed by atoms with E-state index in [4.69, 9.17) is 14.1 Å². The summed E-state index contributed by atoms with van der Waals surface area (Å²) in [7, 11) is 0. The molecule has 0 bridgehead atoms. The molecule has 2 saturated heterocycles. The minimum absolute atomic E-state index is 0. The van der Waals surface area contributed by atoms with Gasteiger partial charge in [-0.05, 0) is 31.4 Å². The first-order chi connectivity index (χ1) is 11.4. The number of piperidine rings is 1. The molecule has 3 rings (SSSR count). The summed E-state index contributed by atoms with van der Waals surface area (Å²) in [6.07, 6.45) is 8.40. The van der Waals surface area contributed by atoms with E-state index in [1.165, 1.54) is 12.8 Å². The number of likely N-dealkylation sites (tertiary alicyclic amines) is 1. The number of hydrogen-bond acceptors (Lipinski definition) is 3. The van der Waals surface area contributed by atoms with Gasteiger partial charge in [-0.3, -0.25) is 4.99 Å². The molecule has 1 N–H and O–H groups in total. The second-order valence-corrected chi connectivity index (χ2v) is 6.25. The number of rotatable bonds is 5. The van der Waals surface area contributed by atoms with E-state index >= 15 is 0 Å². The molecule has 0 aliphatic carbocycles. The Balaban J connectivity index is 0.00000208. The molecule has 2 unspecified atom stereocenters. The summed E-state index contributed by atoms with van der Waals surface area (Å²) in [6.45, 7) is 8.23. The van der Waals surface area contributed by atoms with E-state index < -0.39 is 0 Å². The van der Waals surface area contributed by atoms with Gasteiger partial charge in [0.25, 0.3) is 0 Å². The van der Waals surface area contributed by atoms with Gasteiger partial charge >= 0.3 is 0 Å². The van der Waals surface area contributed by atoms with Crippen LogP contribution in [0.4, 0.5) is 0 Å². The van der Waals surface area contributed by atoms with Gasteiger partial charge < -0.3 is 19.4 Å². The molecule has 2 aliphatic heterocycles. The lowest BCUT2D eigenvalue weighted by atomic mass is 9.88. The van der Waals surface area contributed by atoms with Crippen molar-refractivity contribution in [1.29, 1.82) is 0 Å². The average Bonchev–Trinajstić information content (AvgIpc) is 3.11. The van der Waals surface area contributed by atoms with Crippen LogP contribution in [0.1, 0.15) is 25.0 Å². The molecule has 0 saturated carbocycles. The molecule has 134 valence electrons. The predicted octanol–water partition coefficient (Wildman–Crippen LogP) is 3.07. The van der Waals surface area contributed by atoms with Gasteiger partial charge in [-0.1, -0.05) is 6.08 Å². The van der Waals surface area contributed by atoms with E-state index in [1.54, 1.807) is 6.26 Å². The topological polar surface area (TPSA) is 50.0 Å². The lowest BCUT2D eigenvalue weighted by molar-refractivity contribution is -0.0559. The third kappa shape index (κ3) is 5.24. The number of nitrogens with one attached hydrogen (secondary N) is 1. The zero-order valence-electron chi connectivity index (χ0n) is 14.2. The van der Waals surface area contributed by atoms with Gasteiger partial charge in [0.1, 0.15) is 5.76 Å². The van der Waals surface area contributed by atoms with E-state index in [0.29, 0.717) is 12.0 Å². The van der Waals surface area contributed by atoms with Crippen molar-refractivity contribution in [2.24, 2.45) is 10.9 Å². The summed E-state index contributed by atoms with van der Waals surface area (Å²) in [6, 6.07) is 3.92. The third-order valence-electron chi connectivity index (χ3n) is 4.62. The summed E-state index contributed by atoms with van der Waals surface area (Å²) in [5, 5.41) is 3.40. The maximum atomic E-state index is 5.91. The molecule has 2 fully saturated rings. The highest BCUT2D eigenvalue weighted by molar-refractivity contribution is 14.0. The SMILES string of the molecule is C=CCNC(=NCCc1ccco1)N1CCC2OCCCC2C1.I. The minimum atomic E-state index is 0. The predicted molar refractivity (Wildman–Crippen MR) is 107 cm³/mol. The van der Waals surface area contributed by atoms with Gasteiger partial charge in [-0.2, -0.15) is 0 Å². The molecule has 3 heterocycles. The first-order valence-corrected chi connectivity index (χ1v) is 8.65. The largest absolute Gasteiger partial charge is 0.469 e. The van der Waals surface area contributed by atoms with Gasteiger partial charge in [0.15, 0.2) is 5.96 Å². The number of fused-ring (bicyclic) bond motifs is 1. The molecule has 24 heavy (non-hydrogen) atoms. The molecule has 1 aromatic rings. The van der Waals surface area contributed by atoms with Crippen LogP contribution in [0, 0.1) is 5.92 Å². The summed E-state index contributed by atoms with van der Waals surface area (Å²) in [5.74, 6) is 2.61. The van der Waals surface area contributed by atoms with Crippen molar-refractivity contribution in [3.8, 4) is 0 Å². The van der Waals surface area contributed by atoms with Crippen LogP contribution in [0.2, 0.25) is 0 Å². The van der Waals surface area contributed by atoms with Gasteiger partial charge in [-0.15, -0.1) is 30.6 Å². The molecule has 2 aliphatic rings. The van der Waals surface area contributed by atoms with Crippen molar-refractivity contribution in [2.75, 3.05) is 32.8 Å². The maximum absolute atomic E-state index is 5.91. The molecule has 0 aromatic carbocycles. The van der Waals surface area contributed by atoms with Crippen LogP contribution >= 0.6 is 24.0 Å². The Morgan fingerprint density at radius 2 is 2.38 bits per heavy atom. The van der Waals surface area contributed by atoms with E-state index in [1.807, 2.05) is 18.2 Å². The second-order valence-electron chi connectivity index (χ2n) is 6.25. The quantitative estimate of drug-likeness (QED) is 0.328. The number of guanidine groups is 1. The Bertz CT molecular complexity index is 518. The van der Waals surface area contributed by atoms with Gasteiger partial charge in [0, 0.05) is 45.1 Å². The van der Waals surface area contributed by atoms with E-state index in [2.05, 4.69) is 16.8 Å². The summed E-state index contributed by atoms with van der Waals surface area (Å²) in [4.78, 5) is 7.16. The van der Waals surface area contributed by atoms with Crippen LogP contribution in [-0.2, 0) is 11.2 Å². The summed E-state index contributed by atoms with van der Waals surface area (Å²) < 4.78 is 11.3. The van der Waals surface area contributed by atoms with Gasteiger partial charge in [-0.25, -0.2) is 0 Å². The Morgan fingerprint density at radius 3 is 3.17 bits per heavy atom. The number of halogens is 1. The van der Waals surface area contributed by atoms with Crippen molar-refractivity contribution in [1.82, 2.24) is 10.2 Å². The molecule has 0 amide bonds. The van der Waals surface area contributed by atoms with Crippen LogP contribution in [0.15, 0.2) is 40.5 Å². The first-order valence-electron chi connectivity index (χ1n) is 8.65. The van der Waals surface area contributed by atoms with Crippen LogP contribution in [-0.4, -0.2) is 49.7 Å². The lowest BCUT2D eigenvalue weighted by Crippen LogP contribution is -2.52. The van der Waals surface area contributed by atoms with Gasteiger partial charge in [0.2, 0.25) is 0 Å². The first kappa shape index (κ1) is 19.3. The number of ether oxygens (including phenoxy) is 1. The molecular formula is C18H28IN3O2. The van der Waals surface area contributed by atoms with Crippen molar-refractivity contribution in [2.45, 2.75) is 31.8 Å². The summed E-state index contributed by atoms with van der Waals surface area (Å²) >= 11 is 0. The zero-order valence-corrected chi connectivity index (χ0v) is 16.5. The highest BCUT2D eigenvalue weighted by Crippen LogP contribution is 2.28. The number of hydrogen-bond donors (Lipinski definition) is 1. The zero-order chi connectivity index (χ0) is 15.9. The fraction of sp³-hybridized carbons (Fsp3) is 0.611. The molecule has 2 atom stereocenters. The smallest absolute Gasteiger partial charge is 0.194 e. The van der Waals surface area contributed by atoms with Crippen LogP contribution in [0.25, 0.3) is 0 Å². The van der Waals surface area contributed by atoms with E-state index in [0.717, 1.165) is 57.3 Å². The Kier molecular flexibility index (Phi) is 8.11. The fourth-order valence-electron chi connectivity index (χ4n) is 3.44. The van der Waals surface area contributed by atoms with Crippen LogP contribution in [0.5, 0.6) is 0 Å². The summed E-state index contributed by atoms with van der Waals surface area (Å²) in [5.41, 5.74) is 0. The molecule has 0 spiro atoms. The Morgan fingerprint density at radius 1 is 1.46 bits per heavy atom. The second kappa shape index (κ2) is 10.1. The molecule has 0 radical (unpaired) electrons. The van der Waals surface area contributed by atoms with E-state index in [9.17, 15) is 0 Å². The molecule has 6 heteroatoms. The third-order valence-corrected chi connectivity index (χ3v) is 4.62. The number of nitrogens with zero attached hydrogens (tertiary/aromatic N) is 2. The van der Waals surface area contributed by atoms with Crippen molar-refractivity contribution < 1.29 is 9.15 Å². The highest BCUT2D eigenvalue weighted by Gasteiger charge is 2.33.